The second kappa shape index (κ2) is 16.9. The Morgan fingerprint density at radius 3 is 1.59 bits per heavy atom. The summed E-state index contributed by atoms with van der Waals surface area (Å²) in [6, 6.07) is 8.61. The molecule has 0 unspecified atom stereocenters. The number of esters is 1. The van der Waals surface area contributed by atoms with Crippen molar-refractivity contribution in [2.24, 2.45) is 23.7 Å². The number of hydrogen-bond acceptors (Lipinski definition) is 10. The molecule has 0 saturated carbocycles. The molecule has 4 aliphatic rings. The van der Waals surface area contributed by atoms with Crippen LogP contribution in [-0.2, 0) is 27.2 Å². The third-order valence-corrected chi connectivity index (χ3v) is 11.1. The van der Waals surface area contributed by atoms with E-state index in [9.17, 15) is 14.7 Å². The van der Waals surface area contributed by atoms with Gasteiger partial charge in [-0.3, -0.25) is 9.80 Å². The molecule has 282 valence electrons. The van der Waals surface area contributed by atoms with Gasteiger partial charge in [-0.1, -0.05) is 27.7 Å². The Bertz CT molecular complexity index is 1530. The number of aliphatic hydroxyl groups is 1. The quantitative estimate of drug-likeness (QED) is 0.246. The highest BCUT2D eigenvalue weighted by atomic mass is 16.6. The summed E-state index contributed by atoms with van der Waals surface area (Å²) in [4.78, 5) is 27.8. The molecular formula is C40H58N2O9. The zero-order chi connectivity index (χ0) is 37.0. The van der Waals surface area contributed by atoms with Crippen LogP contribution in [0.15, 0.2) is 24.3 Å². The lowest BCUT2D eigenvalue weighted by atomic mass is 9.79. The van der Waals surface area contributed by atoms with Crippen LogP contribution in [0.5, 0.6) is 23.0 Å². The molecule has 11 nitrogen and oxygen atoms in total. The fourth-order valence-corrected chi connectivity index (χ4v) is 8.83. The first-order chi connectivity index (χ1) is 24.4. The number of carboxylic acids is 1. The molecule has 0 aliphatic carbocycles. The Kier molecular flexibility index (Phi) is 12.8. The van der Waals surface area contributed by atoms with Crippen molar-refractivity contribution in [3.63, 3.8) is 0 Å². The lowest BCUT2D eigenvalue weighted by Crippen LogP contribution is -2.50. The summed E-state index contributed by atoms with van der Waals surface area (Å²) < 4.78 is 27.2. The van der Waals surface area contributed by atoms with E-state index in [0.29, 0.717) is 41.7 Å². The van der Waals surface area contributed by atoms with E-state index in [2.05, 4.69) is 49.6 Å². The van der Waals surface area contributed by atoms with Gasteiger partial charge in [-0.15, -0.1) is 0 Å². The Morgan fingerprint density at radius 1 is 0.706 bits per heavy atom. The van der Waals surface area contributed by atoms with Gasteiger partial charge in [0.25, 0.3) is 0 Å². The van der Waals surface area contributed by atoms with Crippen LogP contribution in [0.25, 0.3) is 0 Å². The number of benzene rings is 2. The van der Waals surface area contributed by atoms with Crippen molar-refractivity contribution < 1.29 is 43.5 Å². The summed E-state index contributed by atoms with van der Waals surface area (Å²) in [5.41, 5.74) is 4.97. The highest BCUT2D eigenvalue weighted by molar-refractivity contribution is 6.28. The van der Waals surface area contributed by atoms with Crippen LogP contribution in [0.4, 0.5) is 0 Å². The second-order valence-corrected chi connectivity index (χ2v) is 15.4. The number of rotatable bonds is 9. The number of carbonyl (C=O) groups excluding carboxylic acids is 1. The molecule has 0 radical (unpaired) electrons. The summed E-state index contributed by atoms with van der Waals surface area (Å²) in [7, 11) is 6.60. The predicted molar refractivity (Wildman–Crippen MR) is 194 cm³/mol. The molecule has 51 heavy (non-hydrogen) atoms. The van der Waals surface area contributed by atoms with Gasteiger partial charge in [0, 0.05) is 50.6 Å². The smallest absolute Gasteiger partial charge is 0.417 e. The summed E-state index contributed by atoms with van der Waals surface area (Å²) in [5.74, 6) is 1.84. The van der Waals surface area contributed by atoms with Gasteiger partial charge in [0.2, 0.25) is 0 Å². The van der Waals surface area contributed by atoms with Crippen molar-refractivity contribution in [1.29, 1.82) is 0 Å². The molecule has 11 heteroatoms. The fourth-order valence-electron chi connectivity index (χ4n) is 8.83. The van der Waals surface area contributed by atoms with Gasteiger partial charge in [0.1, 0.15) is 6.10 Å². The molecule has 0 bridgehead atoms. The zero-order valence-corrected chi connectivity index (χ0v) is 31.6. The number of carboxylic acid groups (broad SMARTS) is 1. The molecule has 2 fully saturated rings. The standard InChI is InChI=1S/C21H29NO6.C19H29NO3/c1-12(2)7-14-11-22-6-5-13-8-18(26-3)19(27-4)9-15(13)16(22)10-17(14)28-21(25)20(23)24;1-12(2)7-14-11-20-6-5-13-8-18(22-3)19(23-4)9-15(13)16(20)10-17(14)21/h8-9,12,14,16-17H,5-7,10-11H2,1-4H3,(H,23,24);8-9,12,14,16-17,21H,5-7,10-11H2,1-4H3/t2*14-,16-,17-/m11/s1. The van der Waals surface area contributed by atoms with Crippen LogP contribution in [0.2, 0.25) is 0 Å². The van der Waals surface area contributed by atoms with Crippen molar-refractivity contribution in [3.8, 4) is 23.0 Å². The first kappa shape index (κ1) is 38.7. The van der Waals surface area contributed by atoms with E-state index in [1.165, 1.54) is 16.7 Å². The normalized spacial score (nSPS) is 25.7. The number of carbonyl (C=O) groups is 2. The third kappa shape index (κ3) is 8.75. The summed E-state index contributed by atoms with van der Waals surface area (Å²) in [5, 5.41) is 19.6. The number of hydrogen-bond donors (Lipinski definition) is 2. The zero-order valence-electron chi connectivity index (χ0n) is 31.6. The molecular weight excluding hydrogens is 652 g/mol. The molecule has 4 aliphatic heterocycles. The van der Waals surface area contributed by atoms with E-state index in [4.69, 9.17) is 28.8 Å². The van der Waals surface area contributed by atoms with Crippen molar-refractivity contribution in [2.45, 2.75) is 90.5 Å². The number of ether oxygens (including phenoxy) is 5. The number of aliphatic carboxylic acids is 1. The van der Waals surface area contributed by atoms with Gasteiger partial charge in [0.05, 0.1) is 34.5 Å². The SMILES string of the molecule is COc1cc2c(cc1OC)[C@H]1C[C@@H](O)[C@H](CC(C)C)CN1CC2.COc1cc2c(cc1OC)[C@H]1C[C@@H](OC(=O)C(=O)O)[C@H](CC(C)C)CN1CC2. The second-order valence-electron chi connectivity index (χ2n) is 15.4. The van der Waals surface area contributed by atoms with Gasteiger partial charge in [-0.2, -0.15) is 0 Å². The van der Waals surface area contributed by atoms with E-state index >= 15 is 0 Å². The summed E-state index contributed by atoms with van der Waals surface area (Å²) in [6.45, 7) is 12.5. The Morgan fingerprint density at radius 2 is 1.14 bits per heavy atom. The van der Waals surface area contributed by atoms with Gasteiger partial charge < -0.3 is 33.9 Å². The molecule has 2 aromatic carbocycles. The third-order valence-electron chi connectivity index (χ3n) is 11.1. The topological polar surface area (TPSA) is 127 Å². The lowest BCUT2D eigenvalue weighted by molar-refractivity contribution is -0.172. The molecule has 4 heterocycles. The Hall–Kier alpha value is -3.54. The Labute approximate surface area is 303 Å². The lowest BCUT2D eigenvalue weighted by Gasteiger charge is -2.47. The minimum Gasteiger partial charge on any atom is -0.493 e. The molecule has 2 aromatic rings. The van der Waals surface area contributed by atoms with Crippen molar-refractivity contribution >= 4 is 11.9 Å². The highest BCUT2D eigenvalue weighted by Gasteiger charge is 2.42. The maximum absolute atomic E-state index is 11.8. The van der Waals surface area contributed by atoms with Crippen LogP contribution >= 0.6 is 0 Å². The van der Waals surface area contributed by atoms with Crippen LogP contribution in [0.3, 0.4) is 0 Å². The first-order valence-electron chi connectivity index (χ1n) is 18.5. The molecule has 2 N–H and O–H groups in total. The maximum Gasteiger partial charge on any atom is 0.417 e. The minimum absolute atomic E-state index is 0.0681. The molecule has 6 atom stereocenters. The summed E-state index contributed by atoms with van der Waals surface area (Å²) >= 11 is 0. The number of aliphatic hydroxyl groups excluding tert-OH is 1. The molecule has 0 aromatic heterocycles. The highest BCUT2D eigenvalue weighted by Crippen LogP contribution is 2.45. The van der Waals surface area contributed by atoms with E-state index in [1.807, 2.05) is 12.1 Å². The van der Waals surface area contributed by atoms with Gasteiger partial charge in [-0.05, 0) is 96.4 Å². The fraction of sp³-hybridized carbons (Fsp3) is 0.650. The number of fused-ring (bicyclic) bond motifs is 6. The largest absolute Gasteiger partial charge is 0.493 e. The first-order valence-corrected chi connectivity index (χ1v) is 18.5. The van der Waals surface area contributed by atoms with Gasteiger partial charge in [0.15, 0.2) is 23.0 Å². The van der Waals surface area contributed by atoms with Gasteiger partial charge >= 0.3 is 11.9 Å². The van der Waals surface area contributed by atoms with E-state index in [0.717, 1.165) is 75.3 Å². The van der Waals surface area contributed by atoms with Gasteiger partial charge in [-0.25, -0.2) is 9.59 Å². The van der Waals surface area contributed by atoms with Crippen LogP contribution in [-0.4, -0.2) is 98.8 Å². The average molecular weight is 711 g/mol. The van der Waals surface area contributed by atoms with E-state index in [-0.39, 0.29) is 18.1 Å². The van der Waals surface area contributed by atoms with E-state index in [1.54, 1.807) is 28.4 Å². The van der Waals surface area contributed by atoms with Crippen LogP contribution in [0.1, 0.15) is 87.7 Å². The number of methoxy groups -OCH3 is 4. The number of piperidine rings is 2. The monoisotopic (exact) mass is 710 g/mol. The molecule has 6 rings (SSSR count). The molecule has 2 saturated heterocycles. The maximum atomic E-state index is 11.8. The number of nitrogens with zero attached hydrogens (tertiary/aromatic N) is 2. The predicted octanol–water partition coefficient (Wildman–Crippen LogP) is 5.70. The molecule has 0 amide bonds. The average Bonchev–Trinajstić information content (AvgIpc) is 3.10. The van der Waals surface area contributed by atoms with E-state index < -0.39 is 18.0 Å². The van der Waals surface area contributed by atoms with Crippen molar-refractivity contribution in [2.75, 3.05) is 54.6 Å². The minimum atomic E-state index is -1.54. The van der Waals surface area contributed by atoms with Crippen LogP contribution in [0, 0.1) is 23.7 Å². The van der Waals surface area contributed by atoms with Crippen molar-refractivity contribution in [1.82, 2.24) is 9.80 Å². The Balaban J connectivity index is 0.000000201. The van der Waals surface area contributed by atoms with Crippen LogP contribution < -0.4 is 18.9 Å². The van der Waals surface area contributed by atoms with Crippen molar-refractivity contribution in [3.05, 3.63) is 46.5 Å². The molecule has 0 spiro atoms. The summed E-state index contributed by atoms with van der Waals surface area (Å²) in [6.07, 6.45) is 4.72.